The summed E-state index contributed by atoms with van der Waals surface area (Å²) in [4.78, 5) is 25.3. The first-order valence-electron chi connectivity index (χ1n) is 15.5. The van der Waals surface area contributed by atoms with Gasteiger partial charge in [-0.25, -0.2) is 9.59 Å². The fourth-order valence-electron chi connectivity index (χ4n) is 4.94. The number of carbonyl (C=O) groups is 2. The number of aryl methyl sites for hydroxylation is 3. The largest absolute Gasteiger partial charge is 0.423 e. The highest BCUT2D eigenvalue weighted by Gasteiger charge is 2.21. The van der Waals surface area contributed by atoms with Gasteiger partial charge in [-0.1, -0.05) is 82.3 Å². The van der Waals surface area contributed by atoms with E-state index in [0.717, 1.165) is 35.1 Å². The smallest absolute Gasteiger partial charge is 0.338 e. The summed E-state index contributed by atoms with van der Waals surface area (Å²) in [5.41, 5.74) is 7.20. The number of benzene rings is 3. The highest BCUT2D eigenvalue weighted by atomic mass is 16.5. The minimum absolute atomic E-state index is 0.180. The molecule has 0 aliphatic heterocycles. The van der Waals surface area contributed by atoms with E-state index >= 15 is 0 Å². The number of aliphatic hydroxyl groups excluding tert-OH is 2. The van der Waals surface area contributed by atoms with E-state index in [4.69, 9.17) is 9.47 Å². The number of rotatable bonds is 16. The van der Waals surface area contributed by atoms with Crippen LogP contribution in [0.2, 0.25) is 0 Å². The van der Waals surface area contributed by atoms with Crippen molar-refractivity contribution in [1.82, 2.24) is 0 Å². The van der Waals surface area contributed by atoms with Crippen LogP contribution < -0.4 is 9.47 Å². The number of ether oxygens (including phenoxy) is 2. The molecule has 2 N–H and O–H groups in total. The van der Waals surface area contributed by atoms with Gasteiger partial charge in [0.15, 0.2) is 0 Å². The molecule has 0 spiro atoms. The second-order valence-electron chi connectivity index (χ2n) is 11.4. The molecule has 3 rings (SSSR count). The third-order valence-electron chi connectivity index (χ3n) is 7.73. The highest BCUT2D eigenvalue weighted by Crippen LogP contribution is 2.40. The summed E-state index contributed by atoms with van der Waals surface area (Å²) in [6.45, 7) is 14.5. The topological polar surface area (TPSA) is 93.1 Å². The second-order valence-corrected chi connectivity index (χ2v) is 11.4. The van der Waals surface area contributed by atoms with Crippen molar-refractivity contribution in [3.05, 3.63) is 95.6 Å². The molecular formula is C38H46O6. The number of unbranched alkanes of at least 4 members (excludes halogenated alkanes) is 2. The molecule has 0 heterocycles. The monoisotopic (exact) mass is 598 g/mol. The van der Waals surface area contributed by atoms with Crippen LogP contribution in [0.1, 0.15) is 70.1 Å². The van der Waals surface area contributed by atoms with Crippen LogP contribution in [-0.4, -0.2) is 35.4 Å². The molecule has 0 saturated heterocycles. The van der Waals surface area contributed by atoms with E-state index in [0.29, 0.717) is 35.5 Å². The summed E-state index contributed by atoms with van der Waals surface area (Å²) >= 11 is 0. The average Bonchev–Trinajstić information content (AvgIpc) is 3.02. The zero-order valence-electron chi connectivity index (χ0n) is 26.6. The minimum Gasteiger partial charge on any atom is -0.423 e. The summed E-state index contributed by atoms with van der Waals surface area (Å²) < 4.78 is 11.6. The van der Waals surface area contributed by atoms with Gasteiger partial charge in [-0.3, -0.25) is 0 Å². The third-order valence-corrected chi connectivity index (χ3v) is 7.73. The quantitative estimate of drug-likeness (QED) is 0.0756. The first-order valence-corrected chi connectivity index (χ1v) is 15.5. The Balaban J connectivity index is 2.11. The molecule has 0 amide bonds. The molecule has 0 aliphatic carbocycles. The Morgan fingerprint density at radius 3 is 1.91 bits per heavy atom. The van der Waals surface area contributed by atoms with Gasteiger partial charge in [0, 0.05) is 35.8 Å². The van der Waals surface area contributed by atoms with Gasteiger partial charge in [0.2, 0.25) is 0 Å². The van der Waals surface area contributed by atoms with Crippen LogP contribution in [0.4, 0.5) is 0 Å². The lowest BCUT2D eigenvalue weighted by Crippen LogP contribution is -2.14. The highest BCUT2D eigenvalue weighted by molar-refractivity contribution is 5.92. The summed E-state index contributed by atoms with van der Waals surface area (Å²) in [5, 5.41) is 19.2. The first kappa shape index (κ1) is 34.5. The van der Waals surface area contributed by atoms with Gasteiger partial charge < -0.3 is 19.7 Å². The maximum absolute atomic E-state index is 12.7. The van der Waals surface area contributed by atoms with Gasteiger partial charge in [-0.2, -0.15) is 0 Å². The average molecular weight is 599 g/mol. The molecule has 0 fully saturated rings. The number of hydrogen-bond donors (Lipinski definition) is 2. The van der Waals surface area contributed by atoms with Crippen molar-refractivity contribution in [2.45, 2.75) is 72.6 Å². The summed E-state index contributed by atoms with van der Waals surface area (Å²) in [7, 11) is 0. The molecule has 0 atom stereocenters. The predicted molar refractivity (Wildman–Crippen MR) is 177 cm³/mol. The van der Waals surface area contributed by atoms with Crippen LogP contribution in [0.3, 0.4) is 0 Å². The fourth-order valence-corrected chi connectivity index (χ4v) is 4.94. The van der Waals surface area contributed by atoms with Gasteiger partial charge in [-0.15, -0.1) is 0 Å². The molecule has 0 saturated carbocycles. The van der Waals surface area contributed by atoms with E-state index in [9.17, 15) is 19.8 Å². The molecule has 0 radical (unpaired) electrons. The van der Waals surface area contributed by atoms with E-state index < -0.39 is 11.9 Å². The standard InChI is InChI=1S/C38H46O6/c1-7-9-10-11-27-12-15-30(16-13-27)33-19-18-31(20-29(33)8-2)34-22-35(43-37(41)25(3)4)32(17-14-28(23-39)24-40)21-36(34)44-38(42)26(5)6/h12-13,15-16,18-22,28,39-40H,3,5,7-11,14,17,23-24H2,1-2,4,6H3. The fraction of sp³-hybridized carbons (Fsp3) is 0.368. The van der Waals surface area contributed by atoms with Gasteiger partial charge in [0.25, 0.3) is 0 Å². The zero-order chi connectivity index (χ0) is 32.2. The van der Waals surface area contributed by atoms with Crippen LogP contribution >= 0.6 is 0 Å². The lowest BCUT2D eigenvalue weighted by molar-refractivity contribution is -0.131. The zero-order valence-corrected chi connectivity index (χ0v) is 26.6. The van der Waals surface area contributed by atoms with Crippen molar-refractivity contribution in [2.75, 3.05) is 13.2 Å². The van der Waals surface area contributed by atoms with Crippen molar-refractivity contribution >= 4 is 11.9 Å². The van der Waals surface area contributed by atoms with Crippen LogP contribution in [0, 0.1) is 5.92 Å². The molecule has 0 aromatic heterocycles. The number of esters is 2. The van der Waals surface area contributed by atoms with E-state index in [-0.39, 0.29) is 30.3 Å². The SMILES string of the molecule is C=C(C)C(=O)Oc1cc(-c2ccc(-c3ccc(CCCCC)cc3)c(CC)c2)c(OC(=O)C(=C)C)cc1CCC(CO)CO. The molecule has 3 aromatic rings. The number of hydrogen-bond acceptors (Lipinski definition) is 6. The summed E-state index contributed by atoms with van der Waals surface area (Å²) in [5.74, 6) is -0.880. The van der Waals surface area contributed by atoms with E-state index in [2.05, 4.69) is 63.4 Å². The summed E-state index contributed by atoms with van der Waals surface area (Å²) in [6.07, 6.45) is 6.28. The summed E-state index contributed by atoms with van der Waals surface area (Å²) in [6, 6.07) is 18.3. The molecule has 6 heteroatoms. The molecule has 0 aliphatic rings. The van der Waals surface area contributed by atoms with E-state index in [1.165, 1.54) is 24.8 Å². The van der Waals surface area contributed by atoms with Crippen LogP contribution in [0.25, 0.3) is 22.3 Å². The van der Waals surface area contributed by atoms with Gasteiger partial charge >= 0.3 is 11.9 Å². The molecule has 234 valence electrons. The van der Waals surface area contributed by atoms with Crippen LogP contribution in [-0.2, 0) is 28.9 Å². The first-order chi connectivity index (χ1) is 21.1. The van der Waals surface area contributed by atoms with Gasteiger partial charge in [0.05, 0.1) is 0 Å². The molecular weight excluding hydrogens is 552 g/mol. The molecule has 44 heavy (non-hydrogen) atoms. The molecule has 0 bridgehead atoms. The number of aliphatic hydroxyl groups is 2. The van der Waals surface area contributed by atoms with Crippen molar-refractivity contribution in [3.63, 3.8) is 0 Å². The lowest BCUT2D eigenvalue weighted by atomic mass is 9.91. The van der Waals surface area contributed by atoms with E-state index in [1.807, 2.05) is 6.07 Å². The Morgan fingerprint density at radius 1 is 0.727 bits per heavy atom. The Bertz CT molecular complexity index is 1460. The van der Waals surface area contributed by atoms with Gasteiger partial charge in [-0.05, 0) is 91.5 Å². The predicted octanol–water partition coefficient (Wildman–Crippen LogP) is 7.81. The van der Waals surface area contributed by atoms with E-state index in [1.54, 1.807) is 26.0 Å². The Hall–Kier alpha value is -4.00. The lowest BCUT2D eigenvalue weighted by Gasteiger charge is -2.19. The molecule has 3 aromatic carbocycles. The van der Waals surface area contributed by atoms with Crippen molar-refractivity contribution in [3.8, 4) is 33.8 Å². The Kier molecular flexibility index (Phi) is 13.1. The normalized spacial score (nSPS) is 11.0. The third kappa shape index (κ3) is 9.25. The maximum atomic E-state index is 12.7. The molecule has 6 nitrogen and oxygen atoms in total. The van der Waals surface area contributed by atoms with Crippen molar-refractivity contribution < 1.29 is 29.3 Å². The van der Waals surface area contributed by atoms with Gasteiger partial charge in [0.1, 0.15) is 11.5 Å². The second kappa shape index (κ2) is 16.7. The van der Waals surface area contributed by atoms with Crippen molar-refractivity contribution in [1.29, 1.82) is 0 Å². The molecule has 0 unspecified atom stereocenters. The van der Waals surface area contributed by atoms with Crippen LogP contribution in [0.5, 0.6) is 11.5 Å². The Labute approximate surface area is 262 Å². The van der Waals surface area contributed by atoms with Crippen LogP contribution in [0.15, 0.2) is 78.9 Å². The Morgan fingerprint density at radius 2 is 1.34 bits per heavy atom. The van der Waals surface area contributed by atoms with Crippen molar-refractivity contribution in [2.24, 2.45) is 5.92 Å². The maximum Gasteiger partial charge on any atom is 0.338 e. The number of carbonyl (C=O) groups excluding carboxylic acids is 2. The minimum atomic E-state index is -0.576.